The minimum atomic E-state index is -1.87. The van der Waals surface area contributed by atoms with E-state index < -0.39 is 65.7 Å². The molecule has 1 aromatic carbocycles. The molecule has 21 nitrogen and oxygen atoms in total. The third kappa shape index (κ3) is 15.3. The quantitative estimate of drug-likeness (QED) is 0.0653. The summed E-state index contributed by atoms with van der Waals surface area (Å²) in [6.07, 6.45) is 3.98. The number of epoxide rings is 1. The summed E-state index contributed by atoms with van der Waals surface area (Å²) in [5.41, 5.74) is -1.11. The van der Waals surface area contributed by atoms with Gasteiger partial charge in [0.05, 0.1) is 71.5 Å². The van der Waals surface area contributed by atoms with Crippen LogP contribution in [0.1, 0.15) is 71.8 Å². The van der Waals surface area contributed by atoms with E-state index in [0.717, 1.165) is 16.0 Å². The molecule has 4 bridgehead atoms. The summed E-state index contributed by atoms with van der Waals surface area (Å²) in [6.45, 7) is 9.04. The summed E-state index contributed by atoms with van der Waals surface area (Å²) >= 11 is 6.80. The second-order valence-electron chi connectivity index (χ2n) is 18.5. The number of nitrogens with zero attached hydrogens (tertiary/aromatic N) is 3. The van der Waals surface area contributed by atoms with E-state index in [1.165, 1.54) is 50.1 Å². The highest BCUT2D eigenvalue weighted by atomic mass is 35.5. The summed E-state index contributed by atoms with van der Waals surface area (Å²) in [5.74, 6) is -2.78. The molecule has 0 spiro atoms. The predicted molar refractivity (Wildman–Crippen MR) is 261 cm³/mol. The van der Waals surface area contributed by atoms with Crippen LogP contribution in [0, 0.1) is 5.92 Å². The van der Waals surface area contributed by atoms with Crippen molar-refractivity contribution in [3.63, 3.8) is 0 Å². The number of methoxy groups -OCH3 is 2. The number of allylic oxidation sites excluding steroid dienone is 3. The van der Waals surface area contributed by atoms with Gasteiger partial charge in [-0.2, -0.15) is 0 Å². The number of amides is 6. The summed E-state index contributed by atoms with van der Waals surface area (Å²) < 4.78 is 45.7. The fourth-order valence-corrected chi connectivity index (χ4v) is 8.97. The van der Waals surface area contributed by atoms with Crippen molar-refractivity contribution in [3.8, 4) is 5.75 Å². The maximum absolute atomic E-state index is 14.3. The SMILES string of the molecule is COc1cc2cc(c1Cl)N(C)C(=O)C[C@H](OC(=O)[C@H](C)N(C)C(=O)CCCCC(=O)NCCOCCOCCOCCN1C(=O)C=CC1=O)C1(C)O[C@H]1[C@H](C)C1C[C@@](O)(NC(=O)O1)[C@H](OC)C=CC=C(C)C2. The smallest absolute Gasteiger partial charge is 0.409 e. The molecule has 72 heavy (non-hydrogen) atoms. The lowest BCUT2D eigenvalue weighted by Crippen LogP contribution is -2.63. The van der Waals surface area contributed by atoms with Gasteiger partial charge in [-0.05, 0) is 57.7 Å². The first-order valence-corrected chi connectivity index (χ1v) is 24.5. The van der Waals surface area contributed by atoms with Crippen molar-refractivity contribution in [2.75, 3.05) is 85.9 Å². The van der Waals surface area contributed by atoms with E-state index in [0.29, 0.717) is 57.1 Å². The molecule has 2 saturated heterocycles. The minimum absolute atomic E-state index is 0.0532. The number of alkyl carbamates (subject to hydrolysis) is 1. The molecule has 4 aliphatic heterocycles. The Labute approximate surface area is 425 Å². The maximum atomic E-state index is 14.3. The Bertz CT molecular complexity index is 2210. The molecule has 4 aliphatic rings. The zero-order chi connectivity index (χ0) is 52.8. The molecular formula is C50H70ClN5O16. The van der Waals surface area contributed by atoms with Crippen LogP contribution in [0.2, 0.25) is 5.02 Å². The number of fused-ring (bicyclic) bond motifs is 5. The van der Waals surface area contributed by atoms with E-state index in [9.17, 15) is 38.7 Å². The number of hydrogen-bond donors (Lipinski definition) is 3. The number of halogens is 1. The van der Waals surface area contributed by atoms with Gasteiger partial charge in [0.2, 0.25) is 17.7 Å². The first-order chi connectivity index (χ1) is 34.2. The minimum Gasteiger partial charge on any atom is -0.495 e. The van der Waals surface area contributed by atoms with Crippen LogP contribution in [0.4, 0.5) is 10.5 Å². The van der Waals surface area contributed by atoms with Gasteiger partial charge in [-0.3, -0.25) is 34.2 Å². The number of hydrogen-bond acceptors (Lipinski definition) is 16. The van der Waals surface area contributed by atoms with Crippen molar-refractivity contribution in [3.05, 3.63) is 58.7 Å². The second kappa shape index (κ2) is 26.5. The second-order valence-corrected chi connectivity index (χ2v) is 18.8. The Morgan fingerprint density at radius 2 is 1.65 bits per heavy atom. The topological polar surface area (TPSA) is 251 Å². The molecule has 5 rings (SSSR count). The Balaban J connectivity index is 1.13. The van der Waals surface area contributed by atoms with Crippen molar-refractivity contribution >= 4 is 58.9 Å². The third-order valence-electron chi connectivity index (χ3n) is 13.2. The first-order valence-electron chi connectivity index (χ1n) is 24.1. The molecule has 398 valence electrons. The van der Waals surface area contributed by atoms with Gasteiger partial charge in [0, 0.05) is 65.1 Å². The van der Waals surface area contributed by atoms with Gasteiger partial charge in [0.15, 0.2) is 5.72 Å². The number of ether oxygens (including phenoxy) is 8. The molecule has 4 heterocycles. The lowest BCUT2D eigenvalue weighted by molar-refractivity contribution is -0.162. The number of esters is 1. The standard InChI is InChI=1S/C50H70ClN5O16/c1-31-12-11-13-38(66-8)50(64)30-37(70-48(63)53-50)32(2)46-49(4,72-46)39(29-44(61)55(6)35-27-34(26-31)28-36(65-7)45(35)51)71-47(62)33(3)54(5)41(58)15-10-9-14-40(57)52-18-20-67-22-24-69-25-23-68-21-19-56-42(59)16-17-43(56)60/h11-13,16-17,27-28,32-33,37-39,46,64H,9-10,14-15,18-26,29-30H2,1-8H3,(H,52,57)(H,53,63)/t32-,33+,37?,38-,39+,46+,49?,50+/m1/s1. The van der Waals surface area contributed by atoms with E-state index in [4.69, 9.17) is 49.5 Å². The highest BCUT2D eigenvalue weighted by Gasteiger charge is 2.64. The highest BCUT2D eigenvalue weighted by molar-refractivity contribution is 6.35. The summed E-state index contributed by atoms with van der Waals surface area (Å²) in [4.78, 5) is 93.8. The van der Waals surface area contributed by atoms with Crippen LogP contribution in [0.3, 0.4) is 0 Å². The Morgan fingerprint density at radius 1 is 1.00 bits per heavy atom. The van der Waals surface area contributed by atoms with Gasteiger partial charge >= 0.3 is 12.1 Å². The molecule has 2 fully saturated rings. The predicted octanol–water partition coefficient (Wildman–Crippen LogP) is 3.17. The lowest BCUT2D eigenvalue weighted by atomic mass is 9.83. The number of likely N-dealkylation sites (N-methyl/N-ethyl adjacent to an activating group) is 1. The third-order valence-corrected chi connectivity index (χ3v) is 13.6. The number of carbonyl (C=O) groups is 7. The van der Waals surface area contributed by atoms with Crippen molar-refractivity contribution in [2.24, 2.45) is 5.92 Å². The summed E-state index contributed by atoms with van der Waals surface area (Å²) in [5, 5.41) is 17.3. The number of carbonyl (C=O) groups excluding carboxylic acids is 7. The van der Waals surface area contributed by atoms with E-state index in [2.05, 4.69) is 10.6 Å². The number of benzene rings is 1. The molecule has 6 amide bonds. The van der Waals surface area contributed by atoms with Gasteiger partial charge in [-0.15, -0.1) is 0 Å². The number of imide groups is 1. The van der Waals surface area contributed by atoms with Gasteiger partial charge < -0.3 is 58.1 Å². The zero-order valence-corrected chi connectivity index (χ0v) is 43.2. The monoisotopic (exact) mass is 1030 g/mol. The van der Waals surface area contributed by atoms with Crippen LogP contribution >= 0.6 is 11.6 Å². The van der Waals surface area contributed by atoms with Crippen molar-refractivity contribution in [2.45, 2.75) is 114 Å². The largest absolute Gasteiger partial charge is 0.495 e. The number of nitrogens with one attached hydrogen (secondary N) is 2. The van der Waals surface area contributed by atoms with Crippen LogP contribution < -0.4 is 20.3 Å². The number of unbranched alkanes of at least 4 members (excludes halogenated alkanes) is 1. The molecule has 8 atom stereocenters. The lowest BCUT2D eigenvalue weighted by Gasteiger charge is -2.42. The van der Waals surface area contributed by atoms with Gasteiger partial charge in [0.25, 0.3) is 11.8 Å². The molecule has 22 heteroatoms. The molecule has 0 aromatic heterocycles. The number of aliphatic hydroxyl groups is 1. The first kappa shape index (κ1) is 57.5. The molecular weight excluding hydrogens is 962 g/mol. The van der Waals surface area contributed by atoms with Gasteiger partial charge in [0.1, 0.15) is 40.7 Å². The van der Waals surface area contributed by atoms with Crippen molar-refractivity contribution in [1.29, 1.82) is 0 Å². The Kier molecular flexibility index (Phi) is 21.2. The van der Waals surface area contributed by atoms with E-state index >= 15 is 0 Å². The van der Waals surface area contributed by atoms with Gasteiger partial charge in [-0.1, -0.05) is 42.3 Å². The molecule has 0 radical (unpaired) electrons. The zero-order valence-electron chi connectivity index (χ0n) is 42.4. The normalized spacial score (nSPS) is 25.8. The van der Waals surface area contributed by atoms with Crippen LogP contribution in [0.5, 0.6) is 5.75 Å². The fourth-order valence-electron chi connectivity index (χ4n) is 8.66. The molecule has 1 aromatic rings. The molecule has 0 saturated carbocycles. The highest BCUT2D eigenvalue weighted by Crippen LogP contribution is 2.49. The maximum Gasteiger partial charge on any atom is 0.409 e. The number of anilines is 1. The van der Waals surface area contributed by atoms with Crippen LogP contribution in [0.15, 0.2) is 48.1 Å². The number of rotatable bonds is 22. The van der Waals surface area contributed by atoms with Crippen LogP contribution in [-0.2, 0) is 68.3 Å². The molecule has 0 aliphatic carbocycles. The average molecular weight is 1030 g/mol. The summed E-state index contributed by atoms with van der Waals surface area (Å²) in [7, 11) is 5.92. The molecule has 2 unspecified atom stereocenters. The molecule has 3 N–H and O–H groups in total. The van der Waals surface area contributed by atoms with Crippen molar-refractivity contribution < 1.29 is 76.6 Å². The van der Waals surface area contributed by atoms with E-state index in [-0.39, 0.29) is 80.6 Å². The fraction of sp³-hybridized carbons (Fsp3) is 0.620. The van der Waals surface area contributed by atoms with Crippen LogP contribution in [-0.4, -0.2) is 179 Å². The Hall–Kier alpha value is -5.42. The van der Waals surface area contributed by atoms with E-state index in [1.807, 2.05) is 13.0 Å². The average Bonchev–Trinajstić information content (AvgIpc) is 3.94. The van der Waals surface area contributed by atoms with Crippen molar-refractivity contribution in [1.82, 2.24) is 20.4 Å². The Morgan fingerprint density at radius 3 is 2.32 bits per heavy atom. The van der Waals surface area contributed by atoms with Gasteiger partial charge in [-0.25, -0.2) is 9.59 Å². The van der Waals surface area contributed by atoms with E-state index in [1.54, 1.807) is 45.2 Å². The van der Waals surface area contributed by atoms with Crippen LogP contribution in [0.25, 0.3) is 0 Å². The summed E-state index contributed by atoms with van der Waals surface area (Å²) in [6, 6.07) is 2.46.